The van der Waals surface area contributed by atoms with Crippen LogP contribution < -0.4 is 10.2 Å². The molecule has 1 saturated heterocycles. The fourth-order valence-corrected chi connectivity index (χ4v) is 6.29. The number of nitrogens with zero attached hydrogens (tertiary/aromatic N) is 4. The Morgan fingerprint density at radius 1 is 1.07 bits per heavy atom. The summed E-state index contributed by atoms with van der Waals surface area (Å²) in [5.41, 5.74) is 3.71. The molecule has 2 aliphatic rings. The summed E-state index contributed by atoms with van der Waals surface area (Å²) in [7, 11) is -3.50. The first kappa shape index (κ1) is 26.3. The van der Waals surface area contributed by atoms with Crippen molar-refractivity contribution in [3.05, 3.63) is 77.6 Å². The number of pyridine rings is 3. The van der Waals surface area contributed by atoms with Gasteiger partial charge in [-0.1, -0.05) is 12.1 Å². The van der Waals surface area contributed by atoms with Crippen LogP contribution in [-0.4, -0.2) is 67.4 Å². The number of anilines is 1. The second-order valence-corrected chi connectivity index (χ2v) is 12.0. The minimum atomic E-state index is -3.50. The largest absolute Gasteiger partial charge is 0.376 e. The highest BCUT2D eigenvalue weighted by Gasteiger charge is 2.24. The Labute approximate surface area is 232 Å². The molecule has 0 unspecified atom stereocenters. The standard InChI is InChI=1S/C29H29N5O5S/c1-19-17-34(9-10-39-19)28-4-2-3-24(33-28)25-8-7-21-15-30-23(14-26(21)32-25)16-31-29(35)20-5-6-22-18-38-11-12-40(36,37)27(22)13-20/h2-8,13-15,19H,9-12,16-18H2,1H3,(H,31,35)/t19-/m1/s1. The minimum absolute atomic E-state index is 0.104. The topological polar surface area (TPSA) is 124 Å². The van der Waals surface area contributed by atoms with Crippen molar-refractivity contribution in [1.82, 2.24) is 20.3 Å². The predicted molar refractivity (Wildman–Crippen MR) is 150 cm³/mol. The first-order chi connectivity index (χ1) is 19.4. The van der Waals surface area contributed by atoms with Gasteiger partial charge in [-0.3, -0.25) is 9.78 Å². The lowest BCUT2D eigenvalue weighted by molar-refractivity contribution is 0.0529. The van der Waals surface area contributed by atoms with Crippen LogP contribution in [0.5, 0.6) is 0 Å². The molecule has 2 aliphatic heterocycles. The normalized spacial score (nSPS) is 18.6. The van der Waals surface area contributed by atoms with E-state index in [9.17, 15) is 13.2 Å². The van der Waals surface area contributed by atoms with E-state index >= 15 is 0 Å². The molecule has 0 spiro atoms. The number of sulfone groups is 1. The van der Waals surface area contributed by atoms with Gasteiger partial charge in [0.15, 0.2) is 9.84 Å². The molecule has 4 aromatic rings. The van der Waals surface area contributed by atoms with Gasteiger partial charge in [-0.05, 0) is 55.0 Å². The smallest absolute Gasteiger partial charge is 0.251 e. The molecule has 206 valence electrons. The number of rotatable bonds is 5. The van der Waals surface area contributed by atoms with E-state index in [2.05, 4.69) is 22.1 Å². The minimum Gasteiger partial charge on any atom is -0.376 e. The van der Waals surface area contributed by atoms with Gasteiger partial charge in [0.1, 0.15) is 5.82 Å². The maximum atomic E-state index is 12.9. The highest BCUT2D eigenvalue weighted by molar-refractivity contribution is 7.91. The number of aromatic nitrogens is 3. The first-order valence-corrected chi connectivity index (χ1v) is 14.8. The van der Waals surface area contributed by atoms with E-state index < -0.39 is 9.84 Å². The molecule has 1 fully saturated rings. The van der Waals surface area contributed by atoms with E-state index in [1.807, 2.05) is 36.4 Å². The third-order valence-electron chi connectivity index (χ3n) is 7.04. The van der Waals surface area contributed by atoms with Gasteiger partial charge in [-0.25, -0.2) is 18.4 Å². The lowest BCUT2D eigenvalue weighted by Gasteiger charge is -2.32. The SMILES string of the molecule is C[C@@H]1CN(c2cccc(-c3ccc4cnc(CNC(=O)c5ccc6c(c5)S(=O)(=O)CCOC6)cc4n3)n2)CCO1. The van der Waals surface area contributed by atoms with Crippen LogP contribution in [0.4, 0.5) is 5.82 Å². The number of nitrogens with one attached hydrogen (secondary N) is 1. The highest BCUT2D eigenvalue weighted by Crippen LogP contribution is 2.25. The van der Waals surface area contributed by atoms with Crippen LogP contribution in [0.25, 0.3) is 22.3 Å². The summed E-state index contributed by atoms with van der Waals surface area (Å²) >= 11 is 0. The number of carbonyl (C=O) groups excluding carboxylic acids is 1. The number of amides is 1. The fraction of sp³-hybridized carbons (Fsp3) is 0.310. The predicted octanol–water partition coefficient (Wildman–Crippen LogP) is 3.15. The first-order valence-electron chi connectivity index (χ1n) is 13.2. The Bertz CT molecular complexity index is 1690. The zero-order valence-corrected chi connectivity index (χ0v) is 22.9. The third-order valence-corrected chi connectivity index (χ3v) is 8.79. The molecule has 1 N–H and O–H groups in total. The summed E-state index contributed by atoms with van der Waals surface area (Å²) in [6, 6.07) is 16.3. The van der Waals surface area contributed by atoms with Crippen LogP contribution in [0.1, 0.15) is 28.5 Å². The van der Waals surface area contributed by atoms with Gasteiger partial charge in [0.2, 0.25) is 0 Å². The molecule has 0 saturated carbocycles. The number of ether oxygens (including phenoxy) is 2. The van der Waals surface area contributed by atoms with Crippen molar-refractivity contribution in [2.45, 2.75) is 31.1 Å². The second kappa shape index (κ2) is 10.9. The summed E-state index contributed by atoms with van der Waals surface area (Å²) < 4.78 is 36.2. The monoisotopic (exact) mass is 559 g/mol. The van der Waals surface area contributed by atoms with Gasteiger partial charge in [0.05, 0.1) is 65.7 Å². The molecule has 6 rings (SSSR count). The average molecular weight is 560 g/mol. The summed E-state index contributed by atoms with van der Waals surface area (Å²) in [6.45, 7) is 4.82. The maximum absolute atomic E-state index is 12.9. The lowest BCUT2D eigenvalue weighted by atomic mass is 10.1. The molecule has 0 radical (unpaired) electrons. The maximum Gasteiger partial charge on any atom is 0.251 e. The summed E-state index contributed by atoms with van der Waals surface area (Å²) in [5.74, 6) is 0.406. The molecule has 1 atom stereocenters. The molecule has 11 heteroatoms. The third kappa shape index (κ3) is 5.53. The Morgan fingerprint density at radius 3 is 2.83 bits per heavy atom. The van der Waals surface area contributed by atoms with Gasteiger partial charge in [-0.15, -0.1) is 0 Å². The molecule has 40 heavy (non-hydrogen) atoms. The highest BCUT2D eigenvalue weighted by atomic mass is 32.2. The Kier molecular flexibility index (Phi) is 7.18. The van der Waals surface area contributed by atoms with Crippen molar-refractivity contribution < 1.29 is 22.7 Å². The number of fused-ring (bicyclic) bond motifs is 2. The molecular formula is C29H29N5O5S. The van der Waals surface area contributed by atoms with Crippen LogP contribution >= 0.6 is 0 Å². The summed E-state index contributed by atoms with van der Waals surface area (Å²) in [5, 5.41) is 3.71. The van der Waals surface area contributed by atoms with E-state index in [0.29, 0.717) is 17.9 Å². The van der Waals surface area contributed by atoms with Gasteiger partial charge >= 0.3 is 0 Å². The van der Waals surface area contributed by atoms with E-state index in [4.69, 9.17) is 19.4 Å². The number of hydrogen-bond donors (Lipinski definition) is 1. The second-order valence-electron chi connectivity index (χ2n) is 9.95. The van der Waals surface area contributed by atoms with Gasteiger partial charge in [-0.2, -0.15) is 0 Å². The number of hydrogen-bond acceptors (Lipinski definition) is 9. The number of morpholine rings is 1. The molecule has 0 bridgehead atoms. The molecule has 1 aromatic carbocycles. The Morgan fingerprint density at radius 2 is 1.95 bits per heavy atom. The molecule has 10 nitrogen and oxygen atoms in total. The van der Waals surface area contributed by atoms with Crippen molar-refractivity contribution in [2.75, 3.05) is 37.0 Å². The Hall–Kier alpha value is -3.93. The number of carbonyl (C=O) groups is 1. The average Bonchev–Trinajstić information content (AvgIpc) is 3.12. The van der Waals surface area contributed by atoms with Crippen LogP contribution in [0.15, 0.2) is 65.7 Å². The fourth-order valence-electron chi connectivity index (χ4n) is 4.90. The van der Waals surface area contributed by atoms with Crippen LogP contribution in [0, 0.1) is 0 Å². The zero-order valence-electron chi connectivity index (χ0n) is 22.0. The van der Waals surface area contributed by atoms with E-state index in [0.717, 1.165) is 41.2 Å². The van der Waals surface area contributed by atoms with Crippen LogP contribution in [-0.2, 0) is 32.5 Å². The van der Waals surface area contributed by atoms with Crippen LogP contribution in [0.3, 0.4) is 0 Å². The number of benzene rings is 1. The van der Waals surface area contributed by atoms with Crippen LogP contribution in [0.2, 0.25) is 0 Å². The van der Waals surface area contributed by atoms with Gasteiger partial charge in [0, 0.05) is 30.2 Å². The molecule has 5 heterocycles. The van der Waals surface area contributed by atoms with E-state index in [1.54, 1.807) is 18.3 Å². The van der Waals surface area contributed by atoms with Crippen molar-refractivity contribution in [3.8, 4) is 11.4 Å². The van der Waals surface area contributed by atoms with Crippen molar-refractivity contribution >= 4 is 32.5 Å². The van der Waals surface area contributed by atoms with Gasteiger partial charge in [0.25, 0.3) is 5.91 Å². The van der Waals surface area contributed by atoms with Crippen molar-refractivity contribution in [2.24, 2.45) is 0 Å². The summed E-state index contributed by atoms with van der Waals surface area (Å²) in [6.07, 6.45) is 1.88. The lowest BCUT2D eigenvalue weighted by Crippen LogP contribution is -2.41. The van der Waals surface area contributed by atoms with Gasteiger partial charge < -0.3 is 19.7 Å². The summed E-state index contributed by atoms with van der Waals surface area (Å²) in [4.78, 5) is 29.4. The quantitative estimate of drug-likeness (QED) is 0.393. The zero-order chi connectivity index (χ0) is 27.7. The Balaban J connectivity index is 1.19. The molecule has 0 aliphatic carbocycles. The van der Waals surface area contributed by atoms with E-state index in [-0.39, 0.29) is 48.0 Å². The molecular weight excluding hydrogens is 530 g/mol. The van der Waals surface area contributed by atoms with Crippen molar-refractivity contribution in [1.29, 1.82) is 0 Å². The van der Waals surface area contributed by atoms with E-state index in [1.165, 1.54) is 6.07 Å². The molecule has 1 amide bonds. The molecule has 3 aromatic heterocycles. The van der Waals surface area contributed by atoms with Crippen molar-refractivity contribution in [3.63, 3.8) is 0 Å².